The third-order valence-corrected chi connectivity index (χ3v) is 4.21. The average Bonchev–Trinajstić information content (AvgIpc) is 3.21. The van der Waals surface area contributed by atoms with E-state index in [1.165, 1.54) is 35.7 Å². The number of aromatic nitrogens is 2. The Kier molecular flexibility index (Phi) is 5.90. The molecule has 0 saturated carbocycles. The van der Waals surface area contributed by atoms with Crippen LogP contribution in [-0.2, 0) is 4.74 Å². The zero-order valence-corrected chi connectivity index (χ0v) is 15.3. The summed E-state index contributed by atoms with van der Waals surface area (Å²) in [5.41, 5.74) is 2.34. The first-order valence-electron chi connectivity index (χ1n) is 7.64. The third-order valence-electron chi connectivity index (χ3n) is 3.39. The molecule has 0 radical (unpaired) electrons. The van der Waals surface area contributed by atoms with E-state index in [9.17, 15) is 14.4 Å². The van der Waals surface area contributed by atoms with Gasteiger partial charge in [0.05, 0.1) is 11.1 Å². The van der Waals surface area contributed by atoms with Crippen LogP contribution in [-0.4, -0.2) is 34.2 Å². The third kappa shape index (κ3) is 4.96. The quantitative estimate of drug-likeness (QED) is 0.501. The molecule has 9 heteroatoms. The lowest BCUT2D eigenvalue weighted by Gasteiger charge is -2.06. The van der Waals surface area contributed by atoms with Gasteiger partial charge in [0.1, 0.15) is 11.5 Å². The van der Waals surface area contributed by atoms with Gasteiger partial charge in [-0.2, -0.15) is 0 Å². The van der Waals surface area contributed by atoms with Gasteiger partial charge >= 0.3 is 5.97 Å². The van der Waals surface area contributed by atoms with E-state index < -0.39 is 18.5 Å². The fourth-order valence-electron chi connectivity index (χ4n) is 2.05. The highest BCUT2D eigenvalue weighted by Gasteiger charge is 2.14. The molecule has 1 N–H and O–H groups in total. The maximum absolute atomic E-state index is 12.0. The van der Waals surface area contributed by atoms with E-state index in [4.69, 9.17) is 16.3 Å². The van der Waals surface area contributed by atoms with Gasteiger partial charge in [0.15, 0.2) is 12.4 Å². The fourth-order valence-corrected chi connectivity index (χ4v) is 2.78. The molecule has 0 aliphatic carbocycles. The van der Waals surface area contributed by atoms with Gasteiger partial charge in [0, 0.05) is 22.2 Å². The molecule has 3 rings (SSSR count). The number of pyridine rings is 1. The second-order valence-electron chi connectivity index (χ2n) is 5.27. The summed E-state index contributed by atoms with van der Waals surface area (Å²) >= 11 is 7.13. The van der Waals surface area contributed by atoms with Gasteiger partial charge in [-0.25, -0.2) is 14.8 Å². The summed E-state index contributed by atoms with van der Waals surface area (Å²) in [6, 6.07) is 9.27. The van der Waals surface area contributed by atoms with Crippen molar-refractivity contribution in [1.29, 1.82) is 0 Å². The summed E-state index contributed by atoms with van der Waals surface area (Å²) in [5.74, 6) is -1.20. The molecule has 136 valence electrons. The number of halogens is 1. The minimum absolute atomic E-state index is 0.153. The number of Topliss-reactive ketones (excluding diaryl/α,β-unsaturated/α-hetero) is 1. The van der Waals surface area contributed by atoms with E-state index in [1.54, 1.807) is 29.1 Å². The molecule has 2 heterocycles. The Morgan fingerprint density at radius 3 is 2.63 bits per heavy atom. The van der Waals surface area contributed by atoms with E-state index in [0.29, 0.717) is 10.6 Å². The number of nitrogens with one attached hydrogen (secondary N) is 1. The summed E-state index contributed by atoms with van der Waals surface area (Å²) in [7, 11) is 0. The predicted molar refractivity (Wildman–Crippen MR) is 100 cm³/mol. The number of hydrogen-bond acceptors (Lipinski definition) is 7. The molecule has 27 heavy (non-hydrogen) atoms. The van der Waals surface area contributed by atoms with E-state index >= 15 is 0 Å². The van der Waals surface area contributed by atoms with Gasteiger partial charge < -0.3 is 10.1 Å². The number of thiazole rings is 1. The first kappa shape index (κ1) is 18.7. The number of rotatable bonds is 6. The molecule has 0 unspecified atom stereocenters. The molecular weight excluding hydrogens is 390 g/mol. The number of hydrogen-bond donors (Lipinski definition) is 1. The molecule has 1 amide bonds. The number of esters is 1. The lowest BCUT2D eigenvalue weighted by molar-refractivity contribution is 0.0474. The fraction of sp³-hybridized carbons (Fsp3) is 0.0556. The number of amides is 1. The number of ether oxygens (including phenoxy) is 1. The van der Waals surface area contributed by atoms with Crippen molar-refractivity contribution in [3.63, 3.8) is 0 Å². The van der Waals surface area contributed by atoms with Crippen molar-refractivity contribution in [2.24, 2.45) is 0 Å². The smallest absolute Gasteiger partial charge is 0.340 e. The molecule has 1 aromatic carbocycles. The van der Waals surface area contributed by atoms with E-state index in [0.717, 1.165) is 0 Å². The van der Waals surface area contributed by atoms with Crippen molar-refractivity contribution in [2.75, 3.05) is 11.9 Å². The highest BCUT2D eigenvalue weighted by Crippen LogP contribution is 2.12. The Balaban J connectivity index is 1.56. The number of carbonyl (C=O) groups is 3. The molecule has 7 nitrogen and oxygen atoms in total. The van der Waals surface area contributed by atoms with Crippen LogP contribution in [0.25, 0.3) is 0 Å². The minimum atomic E-state index is -0.699. The summed E-state index contributed by atoms with van der Waals surface area (Å²) in [5, 5.41) is 4.59. The van der Waals surface area contributed by atoms with Crippen LogP contribution in [0.2, 0.25) is 5.02 Å². The molecule has 0 spiro atoms. The van der Waals surface area contributed by atoms with Crippen LogP contribution in [0.1, 0.15) is 31.2 Å². The molecule has 2 aromatic heterocycles. The Bertz CT molecular complexity index is 975. The molecule has 0 aliphatic rings. The highest BCUT2D eigenvalue weighted by molar-refractivity contribution is 7.07. The standard InChI is InChI=1S/C18H12ClN3O4S/c19-13-3-1-2-11(6-13)15(23)8-26-18(25)12-4-5-16(20-7-12)22-17(24)14-9-27-10-21-14/h1-7,9-10H,8H2,(H,20,22,24). The lowest BCUT2D eigenvalue weighted by atomic mass is 10.1. The zero-order chi connectivity index (χ0) is 19.2. The highest BCUT2D eigenvalue weighted by atomic mass is 35.5. The van der Waals surface area contributed by atoms with Crippen LogP contribution >= 0.6 is 22.9 Å². The van der Waals surface area contributed by atoms with E-state index in [-0.39, 0.29) is 22.9 Å². The van der Waals surface area contributed by atoms with Crippen molar-refractivity contribution in [3.05, 3.63) is 75.3 Å². The van der Waals surface area contributed by atoms with Crippen molar-refractivity contribution in [3.8, 4) is 0 Å². The van der Waals surface area contributed by atoms with E-state index in [2.05, 4.69) is 15.3 Å². The molecule has 0 saturated heterocycles. The summed E-state index contributed by atoms with van der Waals surface area (Å²) in [4.78, 5) is 43.8. The largest absolute Gasteiger partial charge is 0.454 e. The van der Waals surface area contributed by atoms with Gasteiger partial charge in [0.2, 0.25) is 0 Å². The minimum Gasteiger partial charge on any atom is -0.454 e. The number of ketones is 1. The van der Waals surface area contributed by atoms with Gasteiger partial charge in [-0.1, -0.05) is 23.7 Å². The average molecular weight is 402 g/mol. The number of benzene rings is 1. The van der Waals surface area contributed by atoms with Crippen LogP contribution in [0.5, 0.6) is 0 Å². The SMILES string of the molecule is O=C(COC(=O)c1ccc(NC(=O)c2cscn2)nc1)c1cccc(Cl)c1. The van der Waals surface area contributed by atoms with Crippen LogP contribution < -0.4 is 5.32 Å². The van der Waals surface area contributed by atoms with E-state index in [1.807, 2.05) is 0 Å². The summed E-state index contributed by atoms with van der Waals surface area (Å²) in [6.07, 6.45) is 1.25. The monoisotopic (exact) mass is 401 g/mol. The topological polar surface area (TPSA) is 98.2 Å². The van der Waals surface area contributed by atoms with Crippen molar-refractivity contribution >= 4 is 46.4 Å². The second-order valence-corrected chi connectivity index (χ2v) is 6.42. The lowest BCUT2D eigenvalue weighted by Crippen LogP contribution is -2.15. The Labute approximate surface area is 163 Å². The van der Waals surface area contributed by atoms with Crippen LogP contribution in [0.3, 0.4) is 0 Å². The number of nitrogens with zero attached hydrogens (tertiary/aromatic N) is 2. The van der Waals surface area contributed by atoms with Crippen molar-refractivity contribution in [2.45, 2.75) is 0 Å². The Morgan fingerprint density at radius 1 is 1.11 bits per heavy atom. The number of anilines is 1. The zero-order valence-electron chi connectivity index (χ0n) is 13.7. The first-order chi connectivity index (χ1) is 13.0. The molecule has 0 fully saturated rings. The predicted octanol–water partition coefficient (Wildman–Crippen LogP) is 3.48. The maximum atomic E-state index is 12.0. The molecule has 0 atom stereocenters. The normalized spacial score (nSPS) is 10.3. The van der Waals surface area contributed by atoms with Crippen LogP contribution in [0, 0.1) is 0 Å². The Hall–Kier alpha value is -3.10. The summed E-state index contributed by atoms with van der Waals surface area (Å²) in [6.45, 7) is -0.415. The van der Waals surface area contributed by atoms with Crippen LogP contribution in [0.4, 0.5) is 5.82 Å². The first-order valence-corrected chi connectivity index (χ1v) is 8.96. The van der Waals surface area contributed by atoms with Crippen molar-refractivity contribution < 1.29 is 19.1 Å². The van der Waals surface area contributed by atoms with Gasteiger partial charge in [-0.15, -0.1) is 11.3 Å². The van der Waals surface area contributed by atoms with Gasteiger partial charge in [-0.05, 0) is 24.3 Å². The van der Waals surface area contributed by atoms with Crippen LogP contribution in [0.15, 0.2) is 53.5 Å². The van der Waals surface area contributed by atoms with Crippen molar-refractivity contribution in [1.82, 2.24) is 9.97 Å². The summed E-state index contributed by atoms with van der Waals surface area (Å²) < 4.78 is 5.00. The molecule has 0 aliphatic heterocycles. The molecule has 0 bridgehead atoms. The maximum Gasteiger partial charge on any atom is 0.340 e. The van der Waals surface area contributed by atoms with Gasteiger partial charge in [0.25, 0.3) is 5.91 Å². The molecular formula is C18H12ClN3O4S. The Morgan fingerprint density at radius 2 is 1.96 bits per heavy atom. The molecule has 3 aromatic rings. The second kappa shape index (κ2) is 8.52. The number of carbonyl (C=O) groups excluding carboxylic acids is 3. The van der Waals surface area contributed by atoms with Gasteiger partial charge in [-0.3, -0.25) is 9.59 Å².